The molecule has 1 heterocycles. The Morgan fingerprint density at radius 2 is 1.93 bits per heavy atom. The lowest BCUT2D eigenvalue weighted by molar-refractivity contribution is -0.142. The van der Waals surface area contributed by atoms with Crippen molar-refractivity contribution < 1.29 is 14.7 Å². The van der Waals surface area contributed by atoms with Crippen LogP contribution in [0.25, 0.3) is 0 Å². The highest BCUT2D eigenvalue weighted by Gasteiger charge is 2.64. The van der Waals surface area contributed by atoms with Crippen LogP contribution in [0.1, 0.15) is 71.6 Å². The molecule has 5 aliphatic rings. The van der Waals surface area contributed by atoms with Crippen LogP contribution in [-0.2, 0) is 9.53 Å². The summed E-state index contributed by atoms with van der Waals surface area (Å²) < 4.78 is 5.76. The quantitative estimate of drug-likeness (QED) is 0.548. The zero-order valence-electron chi connectivity index (χ0n) is 19.1. The standard InChI is InChI=1S/C25H40N2O3/c1-24-9-8-20-23(19(24)6-7-22(24)28)16(15-30-3)12-17-13-18(27-10-4-5-11-27)14-21(26-29)25(17,20)2/h16-20,23,29H,4-15H2,1-3H3/t16?,17?,18?,19-,20+,23-,24-,25-/m0/s1. The van der Waals surface area contributed by atoms with Crippen molar-refractivity contribution in [3.8, 4) is 0 Å². The summed E-state index contributed by atoms with van der Waals surface area (Å²) in [7, 11) is 1.83. The molecule has 5 heteroatoms. The average Bonchev–Trinajstić information content (AvgIpc) is 3.37. The number of carbonyl (C=O) groups excluding carboxylic acids is 1. The maximum absolute atomic E-state index is 12.8. The van der Waals surface area contributed by atoms with E-state index in [1.807, 2.05) is 7.11 Å². The zero-order chi connectivity index (χ0) is 21.1. The Morgan fingerprint density at radius 3 is 2.63 bits per heavy atom. The van der Waals surface area contributed by atoms with Gasteiger partial charge < -0.3 is 9.94 Å². The van der Waals surface area contributed by atoms with Gasteiger partial charge in [0.2, 0.25) is 0 Å². The van der Waals surface area contributed by atoms with E-state index < -0.39 is 0 Å². The molecule has 4 saturated carbocycles. The van der Waals surface area contributed by atoms with Crippen molar-refractivity contribution >= 4 is 11.5 Å². The predicted molar refractivity (Wildman–Crippen MR) is 117 cm³/mol. The first-order valence-electron chi connectivity index (χ1n) is 12.4. The van der Waals surface area contributed by atoms with Gasteiger partial charge in [0.1, 0.15) is 5.78 Å². The lowest BCUT2D eigenvalue weighted by Gasteiger charge is -2.62. The molecule has 5 fully saturated rings. The fraction of sp³-hybridized carbons (Fsp3) is 0.920. The minimum atomic E-state index is -0.139. The van der Waals surface area contributed by atoms with Crippen LogP contribution in [-0.4, -0.2) is 54.5 Å². The molecular formula is C25H40N2O3. The number of hydrogen-bond donors (Lipinski definition) is 1. The van der Waals surface area contributed by atoms with Crippen molar-refractivity contribution in [2.75, 3.05) is 26.8 Å². The average molecular weight is 417 g/mol. The summed E-state index contributed by atoms with van der Waals surface area (Å²) in [6.07, 6.45) is 9.78. The van der Waals surface area contributed by atoms with E-state index in [1.54, 1.807) is 0 Å². The Kier molecular flexibility index (Phi) is 5.29. The highest BCUT2D eigenvalue weighted by atomic mass is 16.5. The number of hydrogen-bond acceptors (Lipinski definition) is 5. The number of methoxy groups -OCH3 is 1. The normalized spacial score (nSPS) is 50.4. The zero-order valence-corrected chi connectivity index (χ0v) is 19.1. The van der Waals surface area contributed by atoms with Crippen molar-refractivity contribution in [1.29, 1.82) is 0 Å². The number of Topliss-reactive ketones (excluding diaryl/α,β-unsaturated/α-hetero) is 1. The lowest BCUT2D eigenvalue weighted by Crippen LogP contribution is -2.62. The van der Waals surface area contributed by atoms with Crippen molar-refractivity contribution in [2.24, 2.45) is 45.6 Å². The third kappa shape index (κ3) is 2.87. The summed E-state index contributed by atoms with van der Waals surface area (Å²) in [5.41, 5.74) is 0.876. The Labute approximate surface area is 181 Å². The molecule has 5 nitrogen and oxygen atoms in total. The molecule has 168 valence electrons. The minimum Gasteiger partial charge on any atom is -0.411 e. The number of nitrogens with zero attached hydrogens (tertiary/aromatic N) is 2. The third-order valence-electron chi connectivity index (χ3n) is 10.6. The summed E-state index contributed by atoms with van der Waals surface area (Å²) in [4.78, 5) is 15.5. The van der Waals surface area contributed by atoms with E-state index in [0.717, 1.165) is 50.8 Å². The molecule has 0 bridgehead atoms. The number of rotatable bonds is 3. The second-order valence-electron chi connectivity index (χ2n) is 11.5. The molecule has 0 aromatic rings. The van der Waals surface area contributed by atoms with Crippen molar-refractivity contribution in [3.05, 3.63) is 0 Å². The van der Waals surface area contributed by atoms with Gasteiger partial charge in [-0.05, 0) is 87.6 Å². The molecule has 0 aromatic heterocycles. The summed E-state index contributed by atoms with van der Waals surface area (Å²) in [5, 5.41) is 14.2. The van der Waals surface area contributed by atoms with Crippen LogP contribution in [0.5, 0.6) is 0 Å². The minimum absolute atomic E-state index is 0.0349. The van der Waals surface area contributed by atoms with Crippen LogP contribution in [0.15, 0.2) is 5.16 Å². The Morgan fingerprint density at radius 1 is 1.17 bits per heavy atom. The van der Waals surface area contributed by atoms with E-state index >= 15 is 0 Å². The molecule has 1 aliphatic heterocycles. The first-order chi connectivity index (χ1) is 14.4. The van der Waals surface area contributed by atoms with Gasteiger partial charge in [0, 0.05) is 43.4 Å². The molecule has 1 saturated heterocycles. The van der Waals surface area contributed by atoms with Crippen LogP contribution < -0.4 is 0 Å². The lowest BCUT2D eigenvalue weighted by atomic mass is 9.42. The molecule has 3 unspecified atom stereocenters. The fourth-order valence-corrected chi connectivity index (χ4v) is 8.97. The summed E-state index contributed by atoms with van der Waals surface area (Å²) in [6.45, 7) is 7.85. The first-order valence-corrected chi connectivity index (χ1v) is 12.4. The van der Waals surface area contributed by atoms with E-state index in [1.165, 1.54) is 32.4 Å². The van der Waals surface area contributed by atoms with E-state index in [0.29, 0.717) is 41.4 Å². The molecule has 1 N–H and O–H groups in total. The molecule has 0 spiro atoms. The number of ether oxygens (including phenoxy) is 1. The second kappa shape index (κ2) is 7.58. The molecule has 5 rings (SSSR count). The second-order valence-corrected chi connectivity index (χ2v) is 11.5. The molecule has 0 radical (unpaired) electrons. The summed E-state index contributed by atoms with van der Waals surface area (Å²) >= 11 is 0. The van der Waals surface area contributed by atoms with Crippen LogP contribution in [0.2, 0.25) is 0 Å². The van der Waals surface area contributed by atoms with Gasteiger partial charge >= 0.3 is 0 Å². The highest BCUT2D eigenvalue weighted by molar-refractivity contribution is 5.92. The van der Waals surface area contributed by atoms with E-state index in [9.17, 15) is 10.0 Å². The van der Waals surface area contributed by atoms with Gasteiger partial charge in [-0.25, -0.2) is 0 Å². The third-order valence-corrected chi connectivity index (χ3v) is 10.6. The highest BCUT2D eigenvalue weighted by Crippen LogP contribution is 2.66. The summed E-state index contributed by atoms with van der Waals surface area (Å²) in [5.74, 6) is 3.04. The smallest absolute Gasteiger partial charge is 0.139 e. The molecular weight excluding hydrogens is 376 g/mol. The van der Waals surface area contributed by atoms with Crippen LogP contribution >= 0.6 is 0 Å². The maximum Gasteiger partial charge on any atom is 0.139 e. The molecule has 8 atom stereocenters. The van der Waals surface area contributed by atoms with Crippen LogP contribution in [0.4, 0.5) is 0 Å². The van der Waals surface area contributed by atoms with Gasteiger partial charge in [-0.1, -0.05) is 19.0 Å². The Balaban J connectivity index is 1.50. The fourth-order valence-electron chi connectivity index (χ4n) is 8.97. The Bertz CT molecular complexity index is 717. The molecule has 4 aliphatic carbocycles. The van der Waals surface area contributed by atoms with Crippen LogP contribution in [0, 0.1) is 40.4 Å². The largest absolute Gasteiger partial charge is 0.411 e. The summed E-state index contributed by atoms with van der Waals surface area (Å²) in [6, 6.07) is 0.526. The topological polar surface area (TPSA) is 62.1 Å². The van der Waals surface area contributed by atoms with Crippen LogP contribution in [0.3, 0.4) is 0 Å². The van der Waals surface area contributed by atoms with Gasteiger partial charge in [0.25, 0.3) is 0 Å². The van der Waals surface area contributed by atoms with Gasteiger partial charge in [-0.15, -0.1) is 0 Å². The van der Waals surface area contributed by atoms with E-state index in [2.05, 4.69) is 23.9 Å². The van der Waals surface area contributed by atoms with Gasteiger partial charge in [-0.2, -0.15) is 0 Å². The molecule has 0 aromatic carbocycles. The van der Waals surface area contributed by atoms with Crippen molar-refractivity contribution in [1.82, 2.24) is 4.90 Å². The number of likely N-dealkylation sites (tertiary alicyclic amines) is 1. The molecule has 0 amide bonds. The van der Waals surface area contributed by atoms with Gasteiger partial charge in [0.15, 0.2) is 0 Å². The first kappa shape index (κ1) is 20.9. The Hall–Kier alpha value is -0.940. The van der Waals surface area contributed by atoms with E-state index in [-0.39, 0.29) is 10.8 Å². The number of ketones is 1. The maximum atomic E-state index is 12.8. The van der Waals surface area contributed by atoms with Gasteiger partial charge in [0.05, 0.1) is 5.71 Å². The number of fused-ring (bicyclic) bond motifs is 5. The number of oxime groups is 1. The predicted octanol–water partition coefficient (Wildman–Crippen LogP) is 4.38. The van der Waals surface area contributed by atoms with E-state index in [4.69, 9.17) is 4.74 Å². The van der Waals surface area contributed by atoms with Gasteiger partial charge in [-0.3, -0.25) is 9.69 Å². The number of carbonyl (C=O) groups is 1. The monoisotopic (exact) mass is 416 g/mol. The molecule has 30 heavy (non-hydrogen) atoms. The van der Waals surface area contributed by atoms with Crippen molar-refractivity contribution in [3.63, 3.8) is 0 Å². The SMILES string of the molecule is COCC1CC2CC(N3CCCC3)CC(=NO)[C@]2(C)[C@@H]2CC[C@]3(C)C(=O)CC[C@H]3[C@H]12. The van der Waals surface area contributed by atoms with Crippen molar-refractivity contribution in [2.45, 2.75) is 77.7 Å².